The molecule has 25 heavy (non-hydrogen) atoms. The predicted molar refractivity (Wildman–Crippen MR) is 98.4 cm³/mol. The predicted octanol–water partition coefficient (Wildman–Crippen LogP) is 2.65. The summed E-state index contributed by atoms with van der Waals surface area (Å²) in [5, 5.41) is 1.88. The summed E-state index contributed by atoms with van der Waals surface area (Å²) >= 11 is 0. The third-order valence-corrected chi connectivity index (χ3v) is 5.75. The Kier molecular flexibility index (Phi) is 6.95. The number of fused-ring (bicyclic) bond motifs is 1. The first-order valence-corrected chi connectivity index (χ1v) is 11.4. The largest absolute Gasteiger partial charge is 0.270 e. The Morgan fingerprint density at radius 3 is 2.28 bits per heavy atom. The summed E-state index contributed by atoms with van der Waals surface area (Å²) in [5.74, 6) is 0. The molecule has 0 amide bonds. The van der Waals surface area contributed by atoms with Crippen LogP contribution in [0.5, 0.6) is 0 Å². The van der Waals surface area contributed by atoms with E-state index in [2.05, 4.69) is 8.91 Å². The minimum Gasteiger partial charge on any atom is -0.270 e. The monoisotopic (exact) mass is 385 g/mol. The number of nitrogens with one attached hydrogen (secondary N) is 1. The molecule has 0 aromatic heterocycles. The summed E-state index contributed by atoms with van der Waals surface area (Å²) in [4.78, 5) is 0.257. The highest BCUT2D eigenvalue weighted by Crippen LogP contribution is 2.18. The summed E-state index contributed by atoms with van der Waals surface area (Å²) in [6.07, 6.45) is 3.92. The van der Waals surface area contributed by atoms with Gasteiger partial charge in [-0.1, -0.05) is 43.2 Å². The second kappa shape index (κ2) is 8.75. The van der Waals surface area contributed by atoms with Gasteiger partial charge < -0.3 is 0 Å². The van der Waals surface area contributed by atoms with Crippen LogP contribution in [0.3, 0.4) is 0 Å². The summed E-state index contributed by atoms with van der Waals surface area (Å²) in [6, 6.07) is 12.7. The molecule has 0 bridgehead atoms. The molecular weight excluding hydrogens is 362 g/mol. The lowest BCUT2D eigenvalue weighted by atomic mass is 10.1. The maximum Gasteiger partial charge on any atom is 0.264 e. The fourth-order valence-corrected chi connectivity index (χ4v) is 3.94. The first-order valence-electron chi connectivity index (χ1n) is 8.11. The number of hydrogen-bond donors (Lipinski definition) is 1. The molecule has 0 atom stereocenters. The third kappa shape index (κ3) is 6.74. The first-order chi connectivity index (χ1) is 11.8. The Bertz CT molecular complexity index is 908. The van der Waals surface area contributed by atoms with E-state index in [4.69, 9.17) is 0 Å². The van der Waals surface area contributed by atoms with E-state index >= 15 is 0 Å². The lowest BCUT2D eigenvalue weighted by Crippen LogP contribution is -2.24. The molecule has 0 saturated heterocycles. The third-order valence-electron chi connectivity index (χ3n) is 3.69. The van der Waals surface area contributed by atoms with Crippen LogP contribution in [0.15, 0.2) is 47.4 Å². The molecule has 0 aliphatic rings. The van der Waals surface area contributed by atoms with Crippen molar-refractivity contribution in [3.63, 3.8) is 0 Å². The van der Waals surface area contributed by atoms with Crippen molar-refractivity contribution in [2.24, 2.45) is 0 Å². The molecule has 0 saturated carbocycles. The van der Waals surface area contributed by atoms with Crippen molar-refractivity contribution in [2.45, 2.75) is 30.6 Å². The van der Waals surface area contributed by atoms with Gasteiger partial charge in [-0.05, 0) is 35.7 Å². The number of sulfonamides is 1. The van der Waals surface area contributed by atoms with Crippen molar-refractivity contribution in [3.8, 4) is 0 Å². The smallest absolute Gasteiger partial charge is 0.264 e. The van der Waals surface area contributed by atoms with Gasteiger partial charge in [0.2, 0.25) is 10.0 Å². The van der Waals surface area contributed by atoms with Gasteiger partial charge in [0.1, 0.15) is 0 Å². The fraction of sp³-hybridized carbons (Fsp3) is 0.412. The number of rotatable bonds is 10. The molecule has 8 heteroatoms. The van der Waals surface area contributed by atoms with Gasteiger partial charge in [0, 0.05) is 6.54 Å². The van der Waals surface area contributed by atoms with Gasteiger partial charge in [-0.25, -0.2) is 13.1 Å². The summed E-state index contributed by atoms with van der Waals surface area (Å²) in [5.41, 5.74) is 0. The molecular formula is C17H23NO5S2. The molecule has 2 rings (SSSR count). The standard InChI is InChI=1S/C17H23NO5S2/c1-24(19,20)23-13-7-3-2-6-12-18-25(21,22)17-11-10-15-8-4-5-9-16(15)14-17/h4-5,8-11,14,18H,2-3,6-7,12-13H2,1H3. The van der Waals surface area contributed by atoms with E-state index in [1.165, 1.54) is 0 Å². The highest BCUT2D eigenvalue weighted by molar-refractivity contribution is 7.89. The van der Waals surface area contributed by atoms with Crippen molar-refractivity contribution in [1.82, 2.24) is 4.72 Å². The Balaban J connectivity index is 1.75. The van der Waals surface area contributed by atoms with Gasteiger partial charge in [0.15, 0.2) is 0 Å². The minimum absolute atomic E-state index is 0.168. The van der Waals surface area contributed by atoms with Crippen molar-refractivity contribution in [1.29, 1.82) is 0 Å². The van der Waals surface area contributed by atoms with Crippen LogP contribution in [-0.2, 0) is 24.3 Å². The molecule has 0 unspecified atom stereocenters. The summed E-state index contributed by atoms with van der Waals surface area (Å²) < 4.78 is 53.5. The van der Waals surface area contributed by atoms with E-state index in [9.17, 15) is 16.8 Å². The molecule has 6 nitrogen and oxygen atoms in total. The minimum atomic E-state index is -3.52. The van der Waals surface area contributed by atoms with E-state index in [0.717, 1.165) is 29.9 Å². The van der Waals surface area contributed by atoms with Gasteiger partial charge in [-0.3, -0.25) is 4.18 Å². The van der Waals surface area contributed by atoms with Crippen molar-refractivity contribution < 1.29 is 21.0 Å². The van der Waals surface area contributed by atoms with Gasteiger partial charge in [0.25, 0.3) is 10.1 Å². The summed E-state index contributed by atoms with van der Waals surface area (Å²) in [7, 11) is -6.90. The zero-order valence-electron chi connectivity index (χ0n) is 14.1. The second-order valence-corrected chi connectivity index (χ2v) is 9.26. The van der Waals surface area contributed by atoms with Crippen LogP contribution in [0.4, 0.5) is 0 Å². The Morgan fingerprint density at radius 1 is 0.880 bits per heavy atom. The SMILES string of the molecule is CS(=O)(=O)OCCCCCCNS(=O)(=O)c1ccc2ccccc2c1. The van der Waals surface area contributed by atoms with Crippen LogP contribution in [0.1, 0.15) is 25.7 Å². The molecule has 138 valence electrons. The molecule has 0 aliphatic carbocycles. The Hall–Kier alpha value is -1.48. The molecule has 0 radical (unpaired) electrons. The molecule has 2 aromatic rings. The topological polar surface area (TPSA) is 89.5 Å². The molecule has 0 spiro atoms. The van der Waals surface area contributed by atoms with Crippen LogP contribution < -0.4 is 4.72 Å². The van der Waals surface area contributed by atoms with Crippen LogP contribution in [0.2, 0.25) is 0 Å². The number of unbranched alkanes of at least 4 members (excludes halogenated alkanes) is 3. The van der Waals surface area contributed by atoms with Crippen LogP contribution >= 0.6 is 0 Å². The van der Waals surface area contributed by atoms with Crippen LogP contribution in [0, 0.1) is 0 Å². The van der Waals surface area contributed by atoms with Gasteiger partial charge >= 0.3 is 0 Å². The molecule has 0 aliphatic heterocycles. The average Bonchev–Trinajstić information content (AvgIpc) is 2.55. The lowest BCUT2D eigenvalue weighted by Gasteiger charge is -2.08. The van der Waals surface area contributed by atoms with E-state index in [1.807, 2.05) is 24.3 Å². The van der Waals surface area contributed by atoms with Crippen molar-refractivity contribution >= 4 is 30.9 Å². The van der Waals surface area contributed by atoms with E-state index < -0.39 is 20.1 Å². The van der Waals surface area contributed by atoms with Gasteiger partial charge in [-0.15, -0.1) is 0 Å². The maximum absolute atomic E-state index is 12.3. The van der Waals surface area contributed by atoms with Gasteiger partial charge in [0.05, 0.1) is 17.8 Å². The zero-order chi connectivity index (χ0) is 18.3. The van der Waals surface area contributed by atoms with Crippen LogP contribution in [0.25, 0.3) is 10.8 Å². The van der Waals surface area contributed by atoms with Crippen LogP contribution in [-0.4, -0.2) is 36.2 Å². The number of benzene rings is 2. The Morgan fingerprint density at radius 2 is 1.56 bits per heavy atom. The van der Waals surface area contributed by atoms with E-state index in [-0.39, 0.29) is 11.5 Å². The molecule has 0 heterocycles. The first kappa shape index (κ1) is 19.8. The normalized spacial score (nSPS) is 12.5. The van der Waals surface area contributed by atoms with E-state index in [0.29, 0.717) is 19.4 Å². The van der Waals surface area contributed by atoms with E-state index in [1.54, 1.807) is 18.2 Å². The highest BCUT2D eigenvalue weighted by Gasteiger charge is 2.13. The Labute approximate surface area is 149 Å². The average molecular weight is 386 g/mol. The quantitative estimate of drug-likeness (QED) is 0.502. The zero-order valence-corrected chi connectivity index (χ0v) is 15.8. The number of hydrogen-bond acceptors (Lipinski definition) is 5. The summed E-state index contributed by atoms with van der Waals surface area (Å²) in [6.45, 7) is 0.518. The highest BCUT2D eigenvalue weighted by atomic mass is 32.2. The molecule has 0 fully saturated rings. The maximum atomic E-state index is 12.3. The van der Waals surface area contributed by atoms with Crippen molar-refractivity contribution in [2.75, 3.05) is 19.4 Å². The van der Waals surface area contributed by atoms with Crippen molar-refractivity contribution in [3.05, 3.63) is 42.5 Å². The molecule has 2 aromatic carbocycles. The molecule has 1 N–H and O–H groups in total. The second-order valence-electron chi connectivity index (χ2n) is 5.85. The van der Waals surface area contributed by atoms with Gasteiger partial charge in [-0.2, -0.15) is 8.42 Å². The fourth-order valence-electron chi connectivity index (χ4n) is 2.42. The lowest BCUT2D eigenvalue weighted by molar-refractivity contribution is 0.310.